The van der Waals surface area contributed by atoms with Crippen LogP contribution in [0.3, 0.4) is 0 Å². The highest BCUT2D eigenvalue weighted by atomic mass is 32.1. The average molecular weight is 601 g/mol. The van der Waals surface area contributed by atoms with Crippen LogP contribution in [0.15, 0.2) is 29.1 Å². The van der Waals surface area contributed by atoms with Gasteiger partial charge in [0.25, 0.3) is 0 Å². The second-order valence-corrected chi connectivity index (χ2v) is 10.5. The van der Waals surface area contributed by atoms with Crippen molar-refractivity contribution in [2.45, 2.75) is 57.5 Å². The van der Waals surface area contributed by atoms with Gasteiger partial charge >= 0.3 is 24.3 Å². The number of nitrogens with zero attached hydrogens (tertiary/aromatic N) is 4. The minimum Gasteiger partial charge on any atom is -0.475 e. The molecule has 2 aromatic rings. The van der Waals surface area contributed by atoms with Crippen LogP contribution in [0.2, 0.25) is 0 Å². The molecule has 0 aromatic carbocycles. The third kappa shape index (κ3) is 8.19. The SMILES string of the molecule is CC(C)n1nccc1[C@@H]1CN(Cc2ccsc2)C[C@]12CCCN(C)C2=O.O=C(O)C(F)(F)F.O=C(O)C(F)(F)F. The van der Waals surface area contributed by atoms with Crippen molar-refractivity contribution in [2.24, 2.45) is 5.41 Å². The third-order valence-electron chi connectivity index (χ3n) is 6.52. The lowest BCUT2D eigenvalue weighted by Gasteiger charge is -2.41. The zero-order chi connectivity index (χ0) is 30.5. The third-order valence-corrected chi connectivity index (χ3v) is 7.25. The van der Waals surface area contributed by atoms with E-state index in [1.807, 2.05) is 18.1 Å². The van der Waals surface area contributed by atoms with Crippen molar-refractivity contribution in [3.8, 4) is 0 Å². The van der Waals surface area contributed by atoms with Gasteiger partial charge in [-0.25, -0.2) is 9.59 Å². The van der Waals surface area contributed by atoms with Gasteiger partial charge in [0.1, 0.15) is 0 Å². The van der Waals surface area contributed by atoms with Crippen molar-refractivity contribution in [2.75, 3.05) is 26.7 Å². The van der Waals surface area contributed by atoms with Crippen molar-refractivity contribution in [1.82, 2.24) is 19.6 Å². The smallest absolute Gasteiger partial charge is 0.475 e. The second kappa shape index (κ2) is 13.0. The molecule has 1 amide bonds. The molecule has 2 atom stereocenters. The summed E-state index contributed by atoms with van der Waals surface area (Å²) in [4.78, 5) is 35.6. The Morgan fingerprint density at radius 3 is 2.17 bits per heavy atom. The highest BCUT2D eigenvalue weighted by Gasteiger charge is 2.55. The van der Waals surface area contributed by atoms with Crippen molar-refractivity contribution >= 4 is 29.2 Å². The number of aliphatic carboxylic acids is 2. The quantitative estimate of drug-likeness (QED) is 0.492. The number of carbonyl (C=O) groups is 3. The monoisotopic (exact) mass is 600 g/mol. The Labute approximate surface area is 230 Å². The first-order valence-corrected chi connectivity index (χ1v) is 13.0. The first-order valence-electron chi connectivity index (χ1n) is 12.0. The van der Waals surface area contributed by atoms with Crippen molar-refractivity contribution in [3.05, 3.63) is 40.3 Å². The zero-order valence-electron chi connectivity index (χ0n) is 21.9. The second-order valence-electron chi connectivity index (χ2n) is 9.74. The van der Waals surface area contributed by atoms with Crippen LogP contribution >= 0.6 is 11.3 Å². The molecule has 1 spiro atoms. The number of amides is 1. The van der Waals surface area contributed by atoms with Crippen LogP contribution in [0.5, 0.6) is 0 Å². The van der Waals surface area contributed by atoms with Gasteiger partial charge in [-0.1, -0.05) is 0 Å². The fraction of sp³-hybridized carbons (Fsp3) is 0.583. The van der Waals surface area contributed by atoms with E-state index < -0.39 is 24.3 Å². The zero-order valence-corrected chi connectivity index (χ0v) is 22.7. The molecule has 4 rings (SSSR count). The van der Waals surface area contributed by atoms with Gasteiger partial charge in [-0.15, -0.1) is 0 Å². The molecular weight excluding hydrogens is 570 g/mol. The summed E-state index contributed by atoms with van der Waals surface area (Å²) in [6.45, 7) is 7.90. The molecule has 2 saturated heterocycles. The van der Waals surface area contributed by atoms with Gasteiger partial charge in [-0.3, -0.25) is 14.4 Å². The van der Waals surface area contributed by atoms with E-state index in [1.165, 1.54) is 11.3 Å². The van der Waals surface area contributed by atoms with Gasteiger partial charge in [0.15, 0.2) is 0 Å². The molecule has 40 heavy (non-hydrogen) atoms. The lowest BCUT2D eigenvalue weighted by Crippen LogP contribution is -2.50. The number of carboxylic acid groups (broad SMARTS) is 2. The summed E-state index contributed by atoms with van der Waals surface area (Å²) >= 11 is 1.74. The number of carbonyl (C=O) groups excluding carboxylic acids is 1. The number of aromatic nitrogens is 2. The summed E-state index contributed by atoms with van der Waals surface area (Å²) < 4.78 is 65.6. The van der Waals surface area contributed by atoms with E-state index in [0.717, 1.165) is 39.0 Å². The molecule has 224 valence electrons. The summed E-state index contributed by atoms with van der Waals surface area (Å²) in [6.07, 6.45) is -6.22. The minimum atomic E-state index is -5.08. The average Bonchev–Trinajstić information content (AvgIpc) is 3.58. The van der Waals surface area contributed by atoms with E-state index in [0.29, 0.717) is 11.9 Å². The largest absolute Gasteiger partial charge is 0.490 e. The molecule has 0 saturated carbocycles. The Morgan fingerprint density at radius 2 is 1.70 bits per heavy atom. The van der Waals surface area contributed by atoms with Crippen molar-refractivity contribution < 1.29 is 50.9 Å². The number of piperidine rings is 1. The van der Waals surface area contributed by atoms with Crippen LogP contribution in [-0.4, -0.2) is 86.7 Å². The van der Waals surface area contributed by atoms with Gasteiger partial charge in [0.05, 0.1) is 5.41 Å². The number of thiophene rings is 1. The summed E-state index contributed by atoms with van der Waals surface area (Å²) in [6, 6.07) is 4.62. The minimum absolute atomic E-state index is 0.210. The lowest BCUT2D eigenvalue weighted by atomic mass is 9.70. The lowest BCUT2D eigenvalue weighted by molar-refractivity contribution is -0.193. The normalized spacial score (nSPS) is 21.6. The molecule has 0 unspecified atom stereocenters. The number of hydrogen-bond donors (Lipinski definition) is 2. The highest BCUT2D eigenvalue weighted by Crippen LogP contribution is 2.49. The Balaban J connectivity index is 0.000000333. The highest BCUT2D eigenvalue weighted by molar-refractivity contribution is 7.07. The maximum Gasteiger partial charge on any atom is 0.490 e. The summed E-state index contributed by atoms with van der Waals surface area (Å²) in [5.41, 5.74) is 2.26. The predicted octanol–water partition coefficient (Wildman–Crippen LogP) is 4.63. The van der Waals surface area contributed by atoms with Gasteiger partial charge in [0, 0.05) is 57.1 Å². The molecule has 0 bridgehead atoms. The fourth-order valence-corrected chi connectivity index (χ4v) is 5.53. The summed E-state index contributed by atoms with van der Waals surface area (Å²) in [5, 5.41) is 23.2. The molecule has 2 N–H and O–H groups in total. The van der Waals surface area contributed by atoms with Crippen molar-refractivity contribution in [3.63, 3.8) is 0 Å². The van der Waals surface area contributed by atoms with Crippen LogP contribution in [0.25, 0.3) is 0 Å². The van der Waals surface area contributed by atoms with Gasteiger partial charge in [-0.2, -0.15) is 42.8 Å². The molecule has 2 aromatic heterocycles. The number of carboxylic acids is 2. The number of halogens is 6. The van der Waals surface area contributed by atoms with Gasteiger partial charge in [0.2, 0.25) is 5.91 Å². The summed E-state index contributed by atoms with van der Waals surface area (Å²) in [7, 11) is 1.96. The first-order chi connectivity index (χ1) is 18.4. The van der Waals surface area contributed by atoms with E-state index in [4.69, 9.17) is 19.8 Å². The van der Waals surface area contributed by atoms with Gasteiger partial charge in [-0.05, 0) is 55.1 Å². The molecular formula is C24H30F6N4O5S. The molecule has 2 fully saturated rings. The van der Waals surface area contributed by atoms with Crippen LogP contribution in [0.1, 0.15) is 49.9 Å². The van der Waals surface area contributed by atoms with E-state index in [-0.39, 0.29) is 11.3 Å². The molecule has 2 aliphatic heterocycles. The van der Waals surface area contributed by atoms with Crippen LogP contribution in [0, 0.1) is 5.41 Å². The molecule has 4 heterocycles. The molecule has 0 radical (unpaired) electrons. The maximum absolute atomic E-state index is 13.4. The van der Waals surface area contributed by atoms with Gasteiger partial charge < -0.3 is 15.1 Å². The first kappa shape index (κ1) is 33.1. The van der Waals surface area contributed by atoms with Crippen LogP contribution in [-0.2, 0) is 20.9 Å². The summed E-state index contributed by atoms with van der Waals surface area (Å²) in [5.74, 6) is -4.99. The fourth-order valence-electron chi connectivity index (χ4n) is 4.87. The maximum atomic E-state index is 13.4. The van der Waals surface area contributed by atoms with E-state index >= 15 is 0 Å². The molecule has 2 aliphatic rings. The number of rotatable bonds is 4. The molecule has 9 nitrogen and oxygen atoms in total. The molecule has 16 heteroatoms. The Morgan fingerprint density at radius 1 is 1.12 bits per heavy atom. The van der Waals surface area contributed by atoms with E-state index in [2.05, 4.69) is 51.4 Å². The Kier molecular flexibility index (Phi) is 10.8. The predicted molar refractivity (Wildman–Crippen MR) is 132 cm³/mol. The topological polar surface area (TPSA) is 116 Å². The molecule has 0 aliphatic carbocycles. The number of hydrogen-bond acceptors (Lipinski definition) is 6. The standard InChI is InChI=1S/C20H28N4OS.2C2HF3O2/c1-15(2)24-18(5-8-21-24)17-12-23(11-16-6-10-26-13-16)14-20(17)7-4-9-22(3)19(20)25;2*3-2(4,5)1(6)7/h5-6,8,10,13,15,17H,4,7,9,11-12,14H2,1-3H3;2*(H,6,7)/t17-,20+;;/m0../s1. The van der Waals surface area contributed by atoms with Crippen LogP contribution < -0.4 is 0 Å². The van der Waals surface area contributed by atoms with E-state index in [9.17, 15) is 31.1 Å². The number of alkyl halides is 6. The number of likely N-dealkylation sites (tertiary alicyclic amines) is 2. The van der Waals surface area contributed by atoms with Crippen LogP contribution in [0.4, 0.5) is 26.3 Å². The van der Waals surface area contributed by atoms with Crippen molar-refractivity contribution in [1.29, 1.82) is 0 Å². The Bertz CT molecular complexity index is 1130. The Hall–Kier alpha value is -3.14. The van der Waals surface area contributed by atoms with E-state index in [1.54, 1.807) is 11.3 Å².